The van der Waals surface area contributed by atoms with Gasteiger partial charge in [-0.3, -0.25) is 33.2 Å². The minimum Gasteiger partial charge on any atom is -0.466 e. The maximum atomic E-state index is 13.2. The Bertz CT molecular complexity index is 4110. The lowest BCUT2D eigenvalue weighted by atomic mass is 9.90. The number of hydrogen-bond acceptors (Lipinski definition) is 29. The topological polar surface area (TPSA) is 567 Å². The number of ether oxygens (including phenoxy) is 7. The van der Waals surface area contributed by atoms with Crippen LogP contribution in [0.4, 0.5) is 16.3 Å². The summed E-state index contributed by atoms with van der Waals surface area (Å²) in [5.41, 5.74) is 25.1. The highest BCUT2D eigenvalue weighted by Gasteiger charge is 2.43. The van der Waals surface area contributed by atoms with Gasteiger partial charge in [0.15, 0.2) is 11.3 Å². The predicted molar refractivity (Wildman–Crippen MR) is 350 cm³/mol. The van der Waals surface area contributed by atoms with Crippen molar-refractivity contribution in [3.63, 3.8) is 0 Å². The fraction of sp³-hybridized carbons (Fsp3) is 0.481. The second kappa shape index (κ2) is 41.5. The largest absolute Gasteiger partial charge is 0.479 e. The maximum absolute atomic E-state index is 13.2. The summed E-state index contributed by atoms with van der Waals surface area (Å²) < 4.78 is 141. The number of aromatic nitrogens is 2. The van der Waals surface area contributed by atoms with E-state index in [-0.39, 0.29) is 67.2 Å². The monoisotopic (exact) mass is 1510 g/mol. The number of nitrogens with two attached hydrogens (primary N) is 3. The molecule has 2 aliphatic heterocycles. The van der Waals surface area contributed by atoms with Gasteiger partial charge in [0.05, 0.1) is 63.9 Å². The smallest absolute Gasteiger partial charge is 0.466 e. The first kappa shape index (κ1) is 83.3. The van der Waals surface area contributed by atoms with Crippen LogP contribution < -0.4 is 38.6 Å². The standard InChI is InChI=1S/C54H71N10O21P3S2.2O3S/c1-35-10-11-36(26-42(35)49-40-14-12-38(55)27-43(40)83-44-28-39(56)13-15-41(44)49)51(66)59-18-23-77-25-24-76-20-7-9-48(65)79-22-16-54(2,3)90-89-33-78-19-4-5-21-80-53(68)60-17-6-8-37-30-64(52(67)62-50(37)57)47-29-45(81-32-61-63-58)46(84-47)31-82-88(74,75)85-87(72,73)34-86(69,70)71;2*1-4(2)3/h10-15,26-28,30,45-47,55H,4-5,7,9,16-25,29,31-34,56H2,1-3H3,(H,59,66)(H,60,68)(H,72,73)(H,74,75)(H2,57,62,67)(H2,69,70,71);;/p+1/t45?,46-,47-;;/m1../s1. The van der Waals surface area contributed by atoms with Crippen LogP contribution in [0.25, 0.3) is 43.9 Å². The average Bonchev–Trinajstić information content (AvgIpc) is 0.878. The number of nitrogens with zero attached hydrogens (tertiary/aromatic N) is 5. The summed E-state index contributed by atoms with van der Waals surface area (Å²) in [6.07, 6.45) is -0.892. The van der Waals surface area contributed by atoms with E-state index in [2.05, 4.69) is 41.8 Å². The number of alkyl carbamates (subject to hydrolysis) is 1. The minimum atomic E-state index is -5.45. The van der Waals surface area contributed by atoms with Crippen molar-refractivity contribution in [2.24, 2.45) is 5.11 Å². The minimum absolute atomic E-state index is 0.0339. The molecule has 6 rings (SSSR count). The van der Waals surface area contributed by atoms with Gasteiger partial charge >= 0.3 is 62.0 Å². The number of nitrogen functional groups attached to an aromatic ring is 2. The molecule has 2 amide bonds. The molecule has 1 aromatic heterocycles. The molecule has 1 aliphatic carbocycles. The molecule has 1 fully saturated rings. The number of amides is 2. The van der Waals surface area contributed by atoms with Crippen LogP contribution in [0.3, 0.4) is 0 Å². The molecule has 12 N–H and O–H groups in total. The van der Waals surface area contributed by atoms with E-state index in [1.54, 1.807) is 29.0 Å². The van der Waals surface area contributed by atoms with Gasteiger partial charge in [0.25, 0.3) is 5.91 Å². The number of unbranched alkanes of at least 4 members (excludes halogenated alkanes) is 1. The number of hydrogen-bond donors (Lipinski definition) is 9. The number of aryl methyl sites for hydroxylation is 1. The number of benzene rings is 3. The van der Waals surface area contributed by atoms with Crippen molar-refractivity contribution >= 4 is 106 Å². The summed E-state index contributed by atoms with van der Waals surface area (Å²) in [5, 5.41) is 16.1. The molecule has 3 unspecified atom stereocenters. The van der Waals surface area contributed by atoms with Crippen molar-refractivity contribution in [2.75, 3.05) is 96.0 Å². The van der Waals surface area contributed by atoms with Crippen molar-refractivity contribution in [3.05, 3.63) is 104 Å². The summed E-state index contributed by atoms with van der Waals surface area (Å²) >= 11 is 0. The van der Waals surface area contributed by atoms with Crippen molar-refractivity contribution < 1.29 is 125 Å². The molecule has 3 aliphatic rings. The first-order chi connectivity index (χ1) is 46.2. The zero-order valence-electron chi connectivity index (χ0n) is 52.6. The quantitative estimate of drug-likeness (QED) is 0.00237. The lowest BCUT2D eigenvalue weighted by Crippen LogP contribution is -2.44. The van der Waals surface area contributed by atoms with E-state index in [1.807, 2.05) is 57.2 Å². The normalized spacial score (nSPS) is 15.5. The molecule has 5 atom stereocenters. The number of azide groups is 1. The van der Waals surface area contributed by atoms with Crippen LogP contribution in [0, 0.1) is 18.8 Å². The van der Waals surface area contributed by atoms with Crippen molar-refractivity contribution in [3.8, 4) is 34.3 Å². The second-order valence-electron chi connectivity index (χ2n) is 20.9. The number of phosphoric acid groups is 1. The number of nitrogens with one attached hydrogen (secondary N) is 2. The lowest BCUT2D eigenvalue weighted by Gasteiger charge is -2.22. The van der Waals surface area contributed by atoms with Gasteiger partial charge in [-0.1, -0.05) is 44.6 Å². The van der Waals surface area contributed by atoms with Crippen molar-refractivity contribution in [1.82, 2.24) is 20.2 Å². The van der Waals surface area contributed by atoms with Gasteiger partial charge in [-0.15, -0.1) is 25.3 Å². The van der Waals surface area contributed by atoms with Gasteiger partial charge in [-0.2, -0.15) is 4.98 Å². The van der Waals surface area contributed by atoms with E-state index in [4.69, 9.17) is 99.5 Å². The number of carbonyl (C=O) groups is 3. The van der Waals surface area contributed by atoms with Gasteiger partial charge in [0.2, 0.25) is 0 Å². The van der Waals surface area contributed by atoms with Gasteiger partial charge in [-0.25, -0.2) is 18.5 Å². The highest BCUT2D eigenvalue weighted by molar-refractivity contribution is 8.77. The fourth-order valence-electron chi connectivity index (χ4n) is 8.55. The Balaban J connectivity index is 0.00000241. The van der Waals surface area contributed by atoms with E-state index in [0.29, 0.717) is 92.5 Å². The molecule has 0 radical (unpaired) electrons. The molecule has 0 spiro atoms. The zero-order chi connectivity index (χ0) is 72.6. The van der Waals surface area contributed by atoms with Crippen LogP contribution in [0.15, 0.2) is 75.1 Å². The van der Waals surface area contributed by atoms with Gasteiger partial charge in [-0.05, 0) is 93.4 Å². The molecule has 2 aromatic carbocycles. The number of phosphoric ester groups is 1. The molecule has 3 heterocycles. The Morgan fingerprint density at radius 1 is 0.888 bits per heavy atom. The van der Waals surface area contributed by atoms with Crippen molar-refractivity contribution in [2.45, 2.75) is 82.5 Å². The molecule has 538 valence electrons. The third kappa shape index (κ3) is 31.8. The summed E-state index contributed by atoms with van der Waals surface area (Å²) in [6.45, 7) is 6.81. The van der Waals surface area contributed by atoms with Crippen LogP contribution in [0.5, 0.6) is 0 Å². The van der Waals surface area contributed by atoms with Gasteiger partial charge < -0.3 is 79.2 Å². The lowest BCUT2D eigenvalue weighted by molar-refractivity contribution is -0.172. The summed E-state index contributed by atoms with van der Waals surface area (Å²) in [5.74, 6) is 3.77. The van der Waals surface area contributed by atoms with E-state index < -0.39 is 93.7 Å². The van der Waals surface area contributed by atoms with E-state index >= 15 is 0 Å². The second-order valence-corrected chi connectivity index (χ2v) is 30.3. The number of esters is 1. The molecule has 3 aromatic rings. The van der Waals surface area contributed by atoms with Crippen LogP contribution in [0.1, 0.15) is 80.1 Å². The van der Waals surface area contributed by atoms with Crippen LogP contribution in [-0.2, 0) is 81.7 Å². The van der Waals surface area contributed by atoms with Crippen LogP contribution >= 0.6 is 44.6 Å². The summed E-state index contributed by atoms with van der Waals surface area (Å²) in [7, 11) is -19.0. The highest BCUT2D eigenvalue weighted by atomic mass is 33.1. The molecule has 0 saturated carbocycles. The SMILES string of the molecule is Cc1ccc(C(=O)NCCOCCOCCCC(=O)OCCC(C)(C)SSCOCCCCOC(=O)NCC#Cc2cn([C@H]3CC(OCN=[N+]=[N-])[C@@H](COP(=O)(O)OP(=O)(O)CP(=O)(O)O)O3)c(=O)nc2N)cc1-c1c2ccc(=[NH2+])cc-2oc2cc(N)ccc12.O=S(=O)=O.O=S(=O)=O. The molecular weight excluding hydrogens is 1440 g/mol. The summed E-state index contributed by atoms with van der Waals surface area (Å²) in [4.78, 5) is 94.6. The van der Waals surface area contributed by atoms with Crippen LogP contribution in [-0.4, -0.2) is 174 Å². The van der Waals surface area contributed by atoms with E-state index in [0.717, 1.165) is 32.2 Å². The molecule has 98 heavy (non-hydrogen) atoms. The molecule has 44 heteroatoms. The number of anilines is 2. The maximum Gasteiger partial charge on any atom is 0.479 e. The Morgan fingerprint density at radius 2 is 1.58 bits per heavy atom. The number of rotatable bonds is 36. The summed E-state index contributed by atoms with van der Waals surface area (Å²) in [6, 6.07) is 16.6. The zero-order valence-corrected chi connectivity index (χ0v) is 58.5. The van der Waals surface area contributed by atoms with Crippen LogP contribution in [0.2, 0.25) is 0 Å². The first-order valence-electron chi connectivity index (χ1n) is 28.8. The molecular formula is C54H72N10O27P3S4+. The van der Waals surface area contributed by atoms with Gasteiger partial charge in [0.1, 0.15) is 42.2 Å². The van der Waals surface area contributed by atoms with E-state index in [9.17, 15) is 42.7 Å². The molecule has 0 bridgehead atoms. The average molecular weight is 1510 g/mol. The van der Waals surface area contributed by atoms with Crippen molar-refractivity contribution in [1.29, 1.82) is 0 Å². The number of carbonyl (C=O) groups excluding carboxylic acids is 3. The Morgan fingerprint density at radius 3 is 2.29 bits per heavy atom. The third-order valence-corrected chi connectivity index (χ3v) is 21.1. The third-order valence-electron chi connectivity index (χ3n) is 12.8. The Labute approximate surface area is 569 Å². The molecule has 1 saturated heterocycles. The predicted octanol–water partition coefficient (Wildman–Crippen LogP) is 3.45. The Kier molecular flexibility index (Phi) is 35.2. The first-order valence-corrected chi connectivity index (χ1v) is 38.1. The number of fused-ring (bicyclic) bond motifs is 2. The highest BCUT2D eigenvalue weighted by Crippen LogP contribution is 2.65. The Hall–Kier alpha value is -7.12. The van der Waals surface area contributed by atoms with Gasteiger partial charge in [0, 0.05) is 88.4 Å². The fourth-order valence-corrected chi connectivity index (χ4v) is 15.2. The van der Waals surface area contributed by atoms with E-state index in [1.165, 1.54) is 17.0 Å². The molecule has 37 nitrogen and oxygen atoms in total.